The van der Waals surface area contributed by atoms with Crippen LogP contribution in [0.15, 0.2) is 0 Å². The van der Waals surface area contributed by atoms with Crippen LogP contribution in [0.3, 0.4) is 0 Å². The Bertz CT molecular complexity index is 513. The van der Waals surface area contributed by atoms with Crippen molar-refractivity contribution in [1.82, 2.24) is 16.0 Å². The maximum absolute atomic E-state index is 11.5. The lowest BCUT2D eigenvalue weighted by Gasteiger charge is -2.22. The lowest BCUT2D eigenvalue weighted by Crippen LogP contribution is -2.47. The van der Waals surface area contributed by atoms with Gasteiger partial charge in [0.1, 0.15) is 11.2 Å². The Morgan fingerprint density at radius 2 is 1.43 bits per heavy atom. The minimum atomic E-state index is -0.922. The third kappa shape index (κ3) is 15.0. The predicted molar refractivity (Wildman–Crippen MR) is 105 cm³/mol. The number of carbonyl (C=O) groups is 3. The first-order chi connectivity index (χ1) is 12.7. The van der Waals surface area contributed by atoms with E-state index < -0.39 is 41.4 Å². The average molecular weight is 405 g/mol. The summed E-state index contributed by atoms with van der Waals surface area (Å²) in [5.41, 5.74) is 4.15. The van der Waals surface area contributed by atoms with Crippen LogP contribution in [0.2, 0.25) is 0 Å². The summed E-state index contributed by atoms with van der Waals surface area (Å²) in [4.78, 5) is 34.6. The number of rotatable bonds is 10. The van der Waals surface area contributed by atoms with E-state index in [-0.39, 0.29) is 13.1 Å². The molecule has 3 amide bonds. The summed E-state index contributed by atoms with van der Waals surface area (Å²) in [6.45, 7) is 10.9. The molecule has 0 aliphatic heterocycles. The fourth-order valence-electron chi connectivity index (χ4n) is 2.02. The molecular formula is C18H36N4O6. The lowest BCUT2D eigenvalue weighted by molar-refractivity contribution is -0.120. The van der Waals surface area contributed by atoms with Gasteiger partial charge >= 0.3 is 12.2 Å². The smallest absolute Gasteiger partial charge is 0.407 e. The minimum absolute atomic E-state index is 0.0341. The molecule has 2 atom stereocenters. The number of carbonyl (C=O) groups excluding carboxylic acids is 3. The standard InChI is InChI=1S/C18H36N4O6/c1-17(2,3)27-15(25)20-9-7-8-13(14(19)24)21-10-12(23)11-22-16(26)28-18(4,5)6/h12-13,21,23H,7-11H2,1-6H3,(H2,19,24)(H,20,25)(H,22,26)/t12?,13-/m0/s1. The van der Waals surface area contributed by atoms with E-state index >= 15 is 0 Å². The third-order valence-electron chi connectivity index (χ3n) is 3.16. The van der Waals surface area contributed by atoms with Crippen LogP contribution >= 0.6 is 0 Å². The molecule has 10 nitrogen and oxygen atoms in total. The Labute approximate surface area is 166 Å². The maximum Gasteiger partial charge on any atom is 0.407 e. The zero-order chi connectivity index (χ0) is 22.0. The number of aliphatic hydroxyl groups is 1. The molecule has 10 heteroatoms. The van der Waals surface area contributed by atoms with Gasteiger partial charge in [0.05, 0.1) is 12.1 Å². The third-order valence-corrected chi connectivity index (χ3v) is 3.16. The first-order valence-electron chi connectivity index (χ1n) is 9.34. The largest absolute Gasteiger partial charge is 0.444 e. The zero-order valence-electron chi connectivity index (χ0n) is 17.8. The molecule has 1 unspecified atom stereocenters. The molecular weight excluding hydrogens is 368 g/mol. The van der Waals surface area contributed by atoms with Crippen LogP contribution < -0.4 is 21.7 Å². The molecule has 0 spiro atoms. The van der Waals surface area contributed by atoms with Crippen molar-refractivity contribution in [3.63, 3.8) is 0 Å². The molecule has 6 N–H and O–H groups in total. The van der Waals surface area contributed by atoms with Crippen molar-refractivity contribution in [2.75, 3.05) is 19.6 Å². The second-order valence-corrected chi connectivity index (χ2v) is 8.47. The van der Waals surface area contributed by atoms with Crippen LogP contribution in [0.4, 0.5) is 9.59 Å². The number of nitrogens with one attached hydrogen (secondary N) is 3. The van der Waals surface area contributed by atoms with Crippen LogP contribution in [-0.4, -0.2) is 66.2 Å². The minimum Gasteiger partial charge on any atom is -0.444 e. The van der Waals surface area contributed by atoms with E-state index in [4.69, 9.17) is 15.2 Å². The van der Waals surface area contributed by atoms with Crippen molar-refractivity contribution in [2.24, 2.45) is 5.73 Å². The average Bonchev–Trinajstić information content (AvgIpc) is 2.48. The van der Waals surface area contributed by atoms with Gasteiger partial charge in [-0.05, 0) is 54.4 Å². The first-order valence-corrected chi connectivity index (χ1v) is 9.34. The summed E-state index contributed by atoms with van der Waals surface area (Å²) in [5, 5.41) is 17.8. The SMILES string of the molecule is CC(C)(C)OC(=O)NCCC[C@H](NCC(O)CNC(=O)OC(C)(C)C)C(N)=O. The van der Waals surface area contributed by atoms with E-state index in [1.165, 1.54) is 0 Å². The Morgan fingerprint density at radius 3 is 1.89 bits per heavy atom. The van der Waals surface area contributed by atoms with Gasteiger partial charge in [-0.15, -0.1) is 0 Å². The molecule has 0 aromatic rings. The molecule has 0 fully saturated rings. The highest BCUT2D eigenvalue weighted by atomic mass is 16.6. The van der Waals surface area contributed by atoms with Gasteiger partial charge in [-0.1, -0.05) is 0 Å². The van der Waals surface area contributed by atoms with E-state index in [2.05, 4.69) is 16.0 Å². The van der Waals surface area contributed by atoms with Crippen molar-refractivity contribution in [1.29, 1.82) is 0 Å². The van der Waals surface area contributed by atoms with Gasteiger partial charge in [-0.25, -0.2) is 9.59 Å². The molecule has 0 rings (SSSR count). The van der Waals surface area contributed by atoms with Gasteiger partial charge < -0.3 is 36.3 Å². The highest BCUT2D eigenvalue weighted by Crippen LogP contribution is 2.07. The number of amides is 3. The second-order valence-electron chi connectivity index (χ2n) is 8.47. The topological polar surface area (TPSA) is 152 Å². The van der Waals surface area contributed by atoms with Gasteiger partial charge in [-0.3, -0.25) is 4.79 Å². The number of hydrogen-bond acceptors (Lipinski definition) is 7. The molecule has 0 radical (unpaired) electrons. The van der Waals surface area contributed by atoms with Crippen LogP contribution in [0, 0.1) is 0 Å². The zero-order valence-corrected chi connectivity index (χ0v) is 17.8. The van der Waals surface area contributed by atoms with E-state index in [1.807, 2.05) is 0 Å². The van der Waals surface area contributed by atoms with Crippen molar-refractivity contribution < 1.29 is 29.0 Å². The predicted octanol–water partition coefficient (Wildman–Crippen LogP) is 0.620. The summed E-state index contributed by atoms with van der Waals surface area (Å²) in [5.74, 6) is -0.565. The molecule has 0 aliphatic rings. The quantitative estimate of drug-likeness (QED) is 0.335. The summed E-state index contributed by atoms with van der Waals surface area (Å²) >= 11 is 0. The van der Waals surface area contributed by atoms with Crippen LogP contribution in [0.5, 0.6) is 0 Å². The molecule has 0 aromatic carbocycles. The van der Waals surface area contributed by atoms with E-state index in [0.717, 1.165) is 0 Å². The number of ether oxygens (including phenoxy) is 2. The first kappa shape index (κ1) is 25.9. The molecule has 0 aliphatic carbocycles. The Balaban J connectivity index is 4.13. The fraction of sp³-hybridized carbons (Fsp3) is 0.833. The monoisotopic (exact) mass is 404 g/mol. The number of primary amides is 1. The fourth-order valence-corrected chi connectivity index (χ4v) is 2.02. The number of alkyl carbamates (subject to hydrolysis) is 2. The van der Waals surface area contributed by atoms with Gasteiger partial charge in [0.25, 0.3) is 0 Å². The Morgan fingerprint density at radius 1 is 0.929 bits per heavy atom. The van der Waals surface area contributed by atoms with Gasteiger partial charge in [0.15, 0.2) is 0 Å². The molecule has 0 saturated heterocycles. The molecule has 0 heterocycles. The normalized spacial score (nSPS) is 14.0. The number of aliphatic hydroxyl groups excluding tert-OH is 1. The van der Waals surface area contributed by atoms with Crippen molar-refractivity contribution in [2.45, 2.75) is 77.7 Å². The van der Waals surface area contributed by atoms with Gasteiger partial charge in [0, 0.05) is 19.6 Å². The van der Waals surface area contributed by atoms with Gasteiger partial charge in [0.2, 0.25) is 5.91 Å². The van der Waals surface area contributed by atoms with E-state index in [0.29, 0.717) is 19.4 Å². The number of nitrogens with two attached hydrogens (primary N) is 1. The summed E-state index contributed by atoms with van der Waals surface area (Å²) < 4.78 is 10.2. The van der Waals surface area contributed by atoms with E-state index in [9.17, 15) is 19.5 Å². The van der Waals surface area contributed by atoms with Crippen molar-refractivity contribution in [3.05, 3.63) is 0 Å². The van der Waals surface area contributed by atoms with Crippen LogP contribution in [0.1, 0.15) is 54.4 Å². The maximum atomic E-state index is 11.5. The molecule has 0 bridgehead atoms. The summed E-state index contributed by atoms with van der Waals surface area (Å²) in [6.07, 6.45) is -1.22. The van der Waals surface area contributed by atoms with Crippen molar-refractivity contribution >= 4 is 18.1 Å². The highest BCUT2D eigenvalue weighted by Gasteiger charge is 2.19. The lowest BCUT2D eigenvalue weighted by atomic mass is 10.1. The summed E-state index contributed by atoms with van der Waals surface area (Å²) in [6, 6.07) is -0.670. The second kappa shape index (κ2) is 11.7. The summed E-state index contributed by atoms with van der Waals surface area (Å²) in [7, 11) is 0. The van der Waals surface area contributed by atoms with E-state index in [1.54, 1.807) is 41.5 Å². The number of hydrogen-bond donors (Lipinski definition) is 5. The van der Waals surface area contributed by atoms with Crippen molar-refractivity contribution in [3.8, 4) is 0 Å². The highest BCUT2D eigenvalue weighted by molar-refractivity contribution is 5.79. The van der Waals surface area contributed by atoms with Crippen LogP contribution in [0.25, 0.3) is 0 Å². The molecule has 0 aromatic heterocycles. The van der Waals surface area contributed by atoms with Crippen LogP contribution in [-0.2, 0) is 14.3 Å². The molecule has 28 heavy (non-hydrogen) atoms. The Kier molecular flexibility index (Phi) is 10.8. The van der Waals surface area contributed by atoms with Gasteiger partial charge in [-0.2, -0.15) is 0 Å². The Hall–Kier alpha value is -2.07. The molecule has 164 valence electrons. The molecule has 0 saturated carbocycles.